The van der Waals surface area contributed by atoms with Gasteiger partial charge in [0.1, 0.15) is 11.0 Å². The minimum atomic E-state index is -0.209. The highest BCUT2D eigenvalue weighted by Gasteiger charge is 2.36. The first-order valence-electron chi connectivity index (χ1n) is 13.0. The van der Waals surface area contributed by atoms with Crippen molar-refractivity contribution in [1.82, 2.24) is 9.88 Å². The van der Waals surface area contributed by atoms with E-state index < -0.39 is 0 Å². The SMILES string of the molecule is C1=CC2Sc3ccc4c(c3C2C=C1)c1ccccc1n4C1=[NH+]C(c2ccccc2)N=C(c2ccccc2)N1. The van der Waals surface area contributed by atoms with E-state index in [0.29, 0.717) is 11.2 Å². The maximum Gasteiger partial charge on any atom is 0.364 e. The van der Waals surface area contributed by atoms with Crippen molar-refractivity contribution in [3.05, 3.63) is 138 Å². The van der Waals surface area contributed by atoms with E-state index >= 15 is 0 Å². The molecule has 3 unspecified atom stereocenters. The van der Waals surface area contributed by atoms with Gasteiger partial charge in [-0.3, -0.25) is 4.99 Å². The molecule has 0 amide bonds. The average molecular weight is 510 g/mol. The average Bonchev–Trinajstić information content (AvgIpc) is 3.53. The number of amidine groups is 1. The molecule has 0 fully saturated rings. The third kappa shape index (κ3) is 3.32. The zero-order chi connectivity index (χ0) is 25.1. The summed E-state index contributed by atoms with van der Waals surface area (Å²) in [5, 5.41) is 6.75. The van der Waals surface area contributed by atoms with Crippen molar-refractivity contribution in [2.75, 3.05) is 0 Å². The molecule has 3 aliphatic rings. The summed E-state index contributed by atoms with van der Waals surface area (Å²) in [4.78, 5) is 10.2. The second-order valence-electron chi connectivity index (χ2n) is 9.88. The first-order valence-corrected chi connectivity index (χ1v) is 13.9. The van der Waals surface area contributed by atoms with Crippen LogP contribution in [0.2, 0.25) is 0 Å². The third-order valence-corrected chi connectivity index (χ3v) is 9.01. The molecule has 0 spiro atoms. The number of nitrogens with one attached hydrogen (secondary N) is 2. The molecule has 0 saturated heterocycles. The van der Waals surface area contributed by atoms with Gasteiger partial charge in [0.2, 0.25) is 0 Å². The highest BCUT2D eigenvalue weighted by atomic mass is 32.2. The van der Waals surface area contributed by atoms with Gasteiger partial charge in [-0.15, -0.1) is 11.8 Å². The van der Waals surface area contributed by atoms with E-state index in [1.54, 1.807) is 0 Å². The van der Waals surface area contributed by atoms with Gasteiger partial charge in [0.25, 0.3) is 0 Å². The van der Waals surface area contributed by atoms with Gasteiger partial charge in [-0.1, -0.05) is 91.0 Å². The molecule has 0 radical (unpaired) electrons. The lowest BCUT2D eigenvalue weighted by molar-refractivity contribution is -0.513. The van der Waals surface area contributed by atoms with Crippen molar-refractivity contribution in [3.8, 4) is 0 Å². The second-order valence-corrected chi connectivity index (χ2v) is 11.1. The van der Waals surface area contributed by atoms with Crippen LogP contribution in [0.4, 0.5) is 0 Å². The van der Waals surface area contributed by atoms with Gasteiger partial charge < -0.3 is 0 Å². The van der Waals surface area contributed by atoms with Crippen molar-refractivity contribution in [2.24, 2.45) is 4.99 Å². The molecular formula is C33H25N4S+. The summed E-state index contributed by atoms with van der Waals surface area (Å²) in [6.45, 7) is 0. The minimum absolute atomic E-state index is 0.209. The summed E-state index contributed by atoms with van der Waals surface area (Å²) in [6.07, 6.45) is 8.87. The number of thioether (sulfide) groups is 1. The van der Waals surface area contributed by atoms with Crippen LogP contribution >= 0.6 is 11.8 Å². The standard InChI is InChI=1S/C33H24N4S/c1-3-11-21(12-4-1)31-34-32(22-13-5-2-6-14-22)36-33(35-31)37-25-17-9-7-15-23(25)29-26(37)19-20-28-30(29)24-16-8-10-18-27(24)38-28/h1-20,24,27,31H,(H,34,35,36)/p+1. The van der Waals surface area contributed by atoms with Gasteiger partial charge in [0.15, 0.2) is 12.0 Å². The second kappa shape index (κ2) is 8.61. The summed E-state index contributed by atoms with van der Waals surface area (Å²) in [5.74, 6) is 2.16. The van der Waals surface area contributed by atoms with Crippen LogP contribution in [0.5, 0.6) is 0 Å². The highest BCUT2D eigenvalue weighted by Crippen LogP contribution is 2.52. The van der Waals surface area contributed by atoms with E-state index in [1.807, 2.05) is 23.9 Å². The molecule has 4 nitrogen and oxygen atoms in total. The van der Waals surface area contributed by atoms with Crippen LogP contribution in [0.15, 0.2) is 131 Å². The van der Waals surface area contributed by atoms with E-state index in [-0.39, 0.29) is 6.17 Å². The first-order chi connectivity index (χ1) is 18.8. The molecule has 182 valence electrons. The molecule has 0 bridgehead atoms. The lowest BCUT2D eigenvalue weighted by Crippen LogP contribution is -2.81. The number of rotatable bonds is 2. The van der Waals surface area contributed by atoms with Crippen LogP contribution in [0.3, 0.4) is 0 Å². The number of fused-ring (bicyclic) bond motifs is 7. The molecule has 1 aromatic heterocycles. The Labute approximate surface area is 225 Å². The van der Waals surface area contributed by atoms with Gasteiger partial charge in [-0.05, 0) is 35.9 Å². The summed E-state index contributed by atoms with van der Waals surface area (Å²) in [5.41, 5.74) is 6.01. The Morgan fingerprint density at radius 1 is 0.763 bits per heavy atom. The topological polar surface area (TPSA) is 43.3 Å². The maximum absolute atomic E-state index is 5.09. The highest BCUT2D eigenvalue weighted by molar-refractivity contribution is 8.00. The molecule has 5 aromatic rings. The number of hydrogen-bond donors (Lipinski definition) is 2. The lowest BCUT2D eigenvalue weighted by Gasteiger charge is -2.18. The summed E-state index contributed by atoms with van der Waals surface area (Å²) in [7, 11) is 0. The van der Waals surface area contributed by atoms with Crippen LogP contribution in [0.1, 0.15) is 28.8 Å². The Balaban J connectivity index is 1.37. The number of hydrogen-bond acceptors (Lipinski definition) is 3. The van der Waals surface area contributed by atoms with Crippen LogP contribution in [0, 0.1) is 0 Å². The van der Waals surface area contributed by atoms with Crippen LogP contribution < -0.4 is 10.3 Å². The minimum Gasteiger partial charge on any atom is -0.250 e. The summed E-state index contributed by atoms with van der Waals surface area (Å²) >= 11 is 1.98. The third-order valence-electron chi connectivity index (χ3n) is 7.67. The summed E-state index contributed by atoms with van der Waals surface area (Å²) in [6, 6.07) is 34.2. The number of aliphatic imine (C=N–C) groups is 1. The number of nitrogens with zero attached hydrogens (tertiary/aromatic N) is 2. The van der Waals surface area contributed by atoms with Crippen molar-refractivity contribution in [2.45, 2.75) is 22.2 Å². The fourth-order valence-electron chi connectivity index (χ4n) is 5.98. The quantitative estimate of drug-likeness (QED) is 0.330. The van der Waals surface area contributed by atoms with E-state index in [4.69, 9.17) is 4.99 Å². The molecular weight excluding hydrogens is 484 g/mol. The molecule has 3 heterocycles. The molecule has 3 atom stereocenters. The molecule has 38 heavy (non-hydrogen) atoms. The smallest absolute Gasteiger partial charge is 0.250 e. The molecule has 4 aromatic carbocycles. The molecule has 0 saturated carbocycles. The molecule has 1 aliphatic carbocycles. The predicted octanol–water partition coefficient (Wildman–Crippen LogP) is 5.51. The Kier molecular flexibility index (Phi) is 4.92. The lowest BCUT2D eigenvalue weighted by atomic mass is 9.89. The number of benzene rings is 4. The predicted molar refractivity (Wildman–Crippen MR) is 157 cm³/mol. The van der Waals surface area contributed by atoms with E-state index in [9.17, 15) is 0 Å². The van der Waals surface area contributed by atoms with Gasteiger partial charge in [-0.2, -0.15) is 4.57 Å². The number of aromatic nitrogens is 1. The zero-order valence-corrected chi connectivity index (χ0v) is 21.4. The van der Waals surface area contributed by atoms with Gasteiger partial charge in [0.05, 0.1) is 0 Å². The monoisotopic (exact) mass is 509 g/mol. The van der Waals surface area contributed by atoms with Gasteiger partial charge in [0, 0.05) is 38.0 Å². The molecule has 8 rings (SSSR count). The number of para-hydroxylation sites is 1. The fourth-order valence-corrected chi connectivity index (χ4v) is 7.32. The molecule has 2 N–H and O–H groups in total. The van der Waals surface area contributed by atoms with Crippen LogP contribution in [-0.4, -0.2) is 21.6 Å². The largest absolute Gasteiger partial charge is 0.364 e. The van der Waals surface area contributed by atoms with Crippen LogP contribution in [-0.2, 0) is 0 Å². The molecule has 5 heteroatoms. The Morgan fingerprint density at radius 3 is 2.39 bits per heavy atom. The van der Waals surface area contributed by atoms with Crippen molar-refractivity contribution >= 4 is 45.4 Å². The maximum atomic E-state index is 5.09. The van der Waals surface area contributed by atoms with Crippen LogP contribution in [0.25, 0.3) is 21.8 Å². The fraction of sp³-hybridized carbons (Fsp3) is 0.0909. The first kappa shape index (κ1) is 21.7. The van der Waals surface area contributed by atoms with Gasteiger partial charge in [-0.25, -0.2) is 10.3 Å². The zero-order valence-electron chi connectivity index (χ0n) is 20.6. The Hall–Kier alpha value is -4.35. The Bertz CT molecular complexity index is 1830. The van der Waals surface area contributed by atoms with Crippen molar-refractivity contribution in [1.29, 1.82) is 0 Å². The van der Waals surface area contributed by atoms with E-state index in [2.05, 4.69) is 124 Å². The Morgan fingerprint density at radius 2 is 1.53 bits per heavy atom. The van der Waals surface area contributed by atoms with E-state index in [1.165, 1.54) is 32.3 Å². The van der Waals surface area contributed by atoms with Gasteiger partial charge >= 0.3 is 5.96 Å². The summed E-state index contributed by atoms with van der Waals surface area (Å²) < 4.78 is 2.35. The molecule has 2 aliphatic heterocycles. The van der Waals surface area contributed by atoms with E-state index in [0.717, 1.165) is 22.9 Å². The van der Waals surface area contributed by atoms with Crippen molar-refractivity contribution < 1.29 is 4.99 Å². The normalized spacial score (nSPS) is 21.6. The van der Waals surface area contributed by atoms with Crippen molar-refractivity contribution in [3.63, 3.8) is 0 Å². The number of allylic oxidation sites excluding steroid dienone is 3.